The molecule has 7 heteroatoms. The van der Waals surface area contributed by atoms with Gasteiger partial charge in [-0.3, -0.25) is 24.5 Å². The fourth-order valence-corrected chi connectivity index (χ4v) is 4.26. The minimum absolute atomic E-state index is 0.0717. The molecule has 3 aromatic rings. The minimum atomic E-state index is -1.20. The number of ketones is 3. The van der Waals surface area contributed by atoms with Gasteiger partial charge < -0.3 is 4.74 Å². The Kier molecular flexibility index (Phi) is 4.52. The van der Waals surface area contributed by atoms with E-state index in [2.05, 4.69) is 0 Å². The van der Waals surface area contributed by atoms with Crippen molar-refractivity contribution >= 4 is 23.0 Å². The van der Waals surface area contributed by atoms with Gasteiger partial charge in [-0.15, -0.1) is 0 Å². The van der Waals surface area contributed by atoms with Crippen molar-refractivity contribution < 1.29 is 24.0 Å². The molecule has 3 aromatic carbocycles. The predicted molar refractivity (Wildman–Crippen MR) is 114 cm³/mol. The summed E-state index contributed by atoms with van der Waals surface area (Å²) in [6.45, 7) is 0. The predicted octanol–water partition coefficient (Wildman–Crippen LogP) is 4.29. The maximum atomic E-state index is 13.4. The number of Topliss-reactive ketones (excluding diaryl/α,β-unsaturated/α-hetero) is 3. The molecule has 0 aromatic heterocycles. The highest BCUT2D eigenvalue weighted by atomic mass is 16.6. The number of nitro groups is 1. The van der Waals surface area contributed by atoms with Gasteiger partial charge in [0.2, 0.25) is 11.6 Å². The molecule has 0 unspecified atom stereocenters. The standard InChI is InChI=1S/C25H15NO6/c27-21(15-9-6-10-16(13-15)26(30)31)24-19(14-7-2-1-3-8-14)20-22(28)17-11-4-5-12-18(17)23(29)25(20)32-24/h1-13,19,24H/t19-,24-/m0/s1. The summed E-state index contributed by atoms with van der Waals surface area (Å²) in [6.07, 6.45) is -1.20. The molecule has 1 heterocycles. The summed E-state index contributed by atoms with van der Waals surface area (Å²) in [5, 5.41) is 11.2. The van der Waals surface area contributed by atoms with Gasteiger partial charge in [-0.2, -0.15) is 0 Å². The number of rotatable bonds is 4. The van der Waals surface area contributed by atoms with E-state index in [4.69, 9.17) is 4.74 Å². The van der Waals surface area contributed by atoms with Crippen LogP contribution in [0.4, 0.5) is 5.69 Å². The molecule has 1 aliphatic carbocycles. The Morgan fingerprint density at radius 3 is 2.19 bits per heavy atom. The fourth-order valence-electron chi connectivity index (χ4n) is 4.26. The van der Waals surface area contributed by atoms with Crippen LogP contribution in [0.3, 0.4) is 0 Å². The molecule has 0 spiro atoms. The van der Waals surface area contributed by atoms with Gasteiger partial charge in [0.1, 0.15) is 0 Å². The molecule has 1 aliphatic heterocycles. The zero-order valence-corrected chi connectivity index (χ0v) is 16.6. The first-order valence-electron chi connectivity index (χ1n) is 9.90. The van der Waals surface area contributed by atoms with Gasteiger partial charge in [0.15, 0.2) is 17.6 Å². The van der Waals surface area contributed by atoms with Crippen molar-refractivity contribution in [1.29, 1.82) is 0 Å². The fraction of sp³-hybridized carbons (Fsp3) is 0.0800. The highest BCUT2D eigenvalue weighted by Crippen LogP contribution is 2.45. The molecule has 0 bridgehead atoms. The van der Waals surface area contributed by atoms with E-state index < -0.39 is 28.5 Å². The van der Waals surface area contributed by atoms with E-state index in [0.717, 1.165) is 0 Å². The van der Waals surface area contributed by atoms with Crippen LogP contribution in [0.5, 0.6) is 0 Å². The first kappa shape index (κ1) is 19.6. The van der Waals surface area contributed by atoms with Crippen LogP contribution in [-0.4, -0.2) is 28.4 Å². The Balaban J connectivity index is 1.64. The molecular weight excluding hydrogens is 410 g/mol. The van der Waals surface area contributed by atoms with Crippen LogP contribution in [0.15, 0.2) is 90.2 Å². The smallest absolute Gasteiger partial charge is 0.270 e. The van der Waals surface area contributed by atoms with Gasteiger partial charge >= 0.3 is 0 Å². The van der Waals surface area contributed by atoms with Crippen LogP contribution in [-0.2, 0) is 4.74 Å². The molecule has 32 heavy (non-hydrogen) atoms. The molecule has 2 atom stereocenters. The number of allylic oxidation sites excluding steroid dienone is 1. The zero-order valence-electron chi connectivity index (χ0n) is 16.6. The minimum Gasteiger partial charge on any atom is -0.477 e. The van der Waals surface area contributed by atoms with Crippen LogP contribution in [0.1, 0.15) is 42.6 Å². The lowest BCUT2D eigenvalue weighted by atomic mass is 9.78. The van der Waals surface area contributed by atoms with E-state index in [0.29, 0.717) is 5.56 Å². The normalized spacial score (nSPS) is 19.2. The van der Waals surface area contributed by atoms with E-state index in [9.17, 15) is 24.5 Å². The van der Waals surface area contributed by atoms with Crippen molar-refractivity contribution in [2.24, 2.45) is 0 Å². The third kappa shape index (κ3) is 2.94. The van der Waals surface area contributed by atoms with Gasteiger partial charge in [0.05, 0.1) is 16.4 Å². The lowest BCUT2D eigenvalue weighted by molar-refractivity contribution is -0.384. The van der Waals surface area contributed by atoms with Crippen LogP contribution in [0, 0.1) is 10.1 Å². The van der Waals surface area contributed by atoms with Crippen molar-refractivity contribution in [3.8, 4) is 0 Å². The number of non-ortho nitro benzene ring substituents is 1. The van der Waals surface area contributed by atoms with Crippen molar-refractivity contribution in [2.45, 2.75) is 12.0 Å². The van der Waals surface area contributed by atoms with Crippen LogP contribution in [0.25, 0.3) is 0 Å². The van der Waals surface area contributed by atoms with E-state index in [1.807, 2.05) is 0 Å². The number of fused-ring (bicyclic) bond motifs is 1. The average Bonchev–Trinajstić information content (AvgIpc) is 3.24. The lowest BCUT2D eigenvalue weighted by Gasteiger charge is -2.20. The number of nitro benzene ring substituents is 1. The summed E-state index contributed by atoms with van der Waals surface area (Å²) in [5.74, 6) is -2.31. The Morgan fingerprint density at radius 2 is 1.50 bits per heavy atom. The molecule has 0 saturated heterocycles. The summed E-state index contributed by atoms with van der Waals surface area (Å²) < 4.78 is 5.88. The molecular formula is C25H15NO6. The second kappa shape index (κ2) is 7.39. The Bertz CT molecular complexity index is 1340. The monoisotopic (exact) mass is 425 g/mol. The zero-order chi connectivity index (χ0) is 22.4. The first-order valence-corrected chi connectivity index (χ1v) is 9.90. The van der Waals surface area contributed by atoms with Crippen molar-refractivity contribution in [1.82, 2.24) is 0 Å². The van der Waals surface area contributed by atoms with Crippen molar-refractivity contribution in [2.75, 3.05) is 0 Å². The summed E-state index contributed by atoms with van der Waals surface area (Å²) in [4.78, 5) is 50.5. The van der Waals surface area contributed by atoms with E-state index in [-0.39, 0.29) is 39.5 Å². The van der Waals surface area contributed by atoms with Crippen LogP contribution < -0.4 is 0 Å². The highest BCUT2D eigenvalue weighted by molar-refractivity contribution is 6.27. The van der Waals surface area contributed by atoms with Crippen LogP contribution >= 0.6 is 0 Å². The molecule has 2 aliphatic rings. The van der Waals surface area contributed by atoms with Crippen molar-refractivity contribution in [3.63, 3.8) is 0 Å². The number of carbonyl (C=O) groups excluding carboxylic acids is 3. The van der Waals surface area contributed by atoms with E-state index in [1.165, 1.54) is 24.3 Å². The summed E-state index contributed by atoms with van der Waals surface area (Å²) in [7, 11) is 0. The summed E-state index contributed by atoms with van der Waals surface area (Å²) in [5.41, 5.74) is 1.12. The number of carbonyl (C=O) groups is 3. The van der Waals surface area contributed by atoms with Crippen LogP contribution in [0.2, 0.25) is 0 Å². The van der Waals surface area contributed by atoms with E-state index in [1.54, 1.807) is 54.6 Å². The van der Waals surface area contributed by atoms with Crippen molar-refractivity contribution in [3.05, 3.63) is 123 Å². The first-order chi connectivity index (χ1) is 15.5. The molecule has 0 N–H and O–H groups in total. The Labute approximate surface area is 182 Å². The largest absolute Gasteiger partial charge is 0.477 e. The van der Waals surface area contributed by atoms with Gasteiger partial charge in [-0.1, -0.05) is 66.7 Å². The molecule has 7 nitrogen and oxygen atoms in total. The lowest BCUT2D eigenvalue weighted by Crippen LogP contribution is -2.28. The maximum Gasteiger partial charge on any atom is 0.270 e. The Hall–Kier alpha value is -4.39. The summed E-state index contributed by atoms with van der Waals surface area (Å²) in [6, 6.07) is 20.6. The van der Waals surface area contributed by atoms with Gasteiger partial charge in [-0.05, 0) is 5.56 Å². The SMILES string of the molecule is O=C1C2=C(C(=O)c3ccccc31)[C@H](c1ccccc1)[C@@H](C(=O)c1cccc([N+](=O)[O-])c1)O2. The van der Waals surface area contributed by atoms with Gasteiger partial charge in [0, 0.05) is 28.8 Å². The van der Waals surface area contributed by atoms with Gasteiger partial charge in [0.25, 0.3) is 5.69 Å². The number of ether oxygens (including phenoxy) is 1. The second-order valence-electron chi connectivity index (χ2n) is 7.55. The molecule has 0 amide bonds. The maximum absolute atomic E-state index is 13.4. The number of hydrogen-bond acceptors (Lipinski definition) is 6. The third-order valence-corrected chi connectivity index (χ3v) is 5.73. The molecule has 0 saturated carbocycles. The number of hydrogen-bond donors (Lipinski definition) is 0. The average molecular weight is 425 g/mol. The second-order valence-corrected chi connectivity index (χ2v) is 7.55. The van der Waals surface area contributed by atoms with Gasteiger partial charge in [-0.25, -0.2) is 0 Å². The molecule has 156 valence electrons. The third-order valence-electron chi connectivity index (χ3n) is 5.73. The molecule has 5 rings (SSSR count). The molecule has 0 radical (unpaired) electrons. The topological polar surface area (TPSA) is 104 Å². The summed E-state index contributed by atoms with van der Waals surface area (Å²) >= 11 is 0. The van der Waals surface area contributed by atoms with E-state index >= 15 is 0 Å². The highest BCUT2D eigenvalue weighted by Gasteiger charge is 2.50. The Morgan fingerprint density at radius 1 is 0.844 bits per heavy atom. The number of benzene rings is 3. The number of nitrogens with zero attached hydrogens (tertiary/aromatic N) is 1. The molecule has 0 fully saturated rings. The quantitative estimate of drug-likeness (QED) is 0.351.